The number of benzene rings is 2. The number of thiazole rings is 1. The van der Waals surface area contributed by atoms with Gasteiger partial charge in [0.2, 0.25) is 0 Å². The lowest BCUT2D eigenvalue weighted by molar-refractivity contribution is 0.0691. The van der Waals surface area contributed by atoms with E-state index in [0.717, 1.165) is 20.3 Å². The molecule has 0 spiro atoms. The summed E-state index contributed by atoms with van der Waals surface area (Å²) >= 11 is 16.5. The molecule has 0 bridgehead atoms. The van der Waals surface area contributed by atoms with Gasteiger partial charge in [0.25, 0.3) is 5.91 Å². The fourth-order valence-electron chi connectivity index (χ4n) is 2.41. The molecule has 0 fully saturated rings. The number of nitrogens with zero attached hydrogens (tertiary/aromatic N) is 1. The number of fused-ring (bicyclic) bond motifs is 1. The predicted molar refractivity (Wildman–Crippen MR) is 128 cm³/mol. The fourth-order valence-corrected chi connectivity index (χ4v) is 6.88. The summed E-state index contributed by atoms with van der Waals surface area (Å²) < 4.78 is 3.58. The Bertz CT molecular complexity index is 1120. The van der Waals surface area contributed by atoms with Gasteiger partial charge in [-0.05, 0) is 87.7 Å². The molecule has 2 N–H and O–H groups in total. The molecule has 1 heterocycles. The third-order valence-electron chi connectivity index (χ3n) is 3.60. The molecule has 2 aromatic carbocycles. The number of carboxylic acid groups (broad SMARTS) is 1. The largest absolute Gasteiger partial charge is 0.478 e. The van der Waals surface area contributed by atoms with Crippen LogP contribution in [-0.4, -0.2) is 27.7 Å². The first-order valence-electron chi connectivity index (χ1n) is 7.68. The second kappa shape index (κ2) is 9.13. The molecule has 0 aliphatic rings. The van der Waals surface area contributed by atoms with Gasteiger partial charge in [-0.1, -0.05) is 18.7 Å². The van der Waals surface area contributed by atoms with Crippen LogP contribution in [0.25, 0.3) is 10.2 Å². The van der Waals surface area contributed by atoms with E-state index in [2.05, 4.69) is 80.9 Å². The Balaban J connectivity index is 2.01. The highest BCUT2D eigenvalue weighted by atomic mass is 79.9. The van der Waals surface area contributed by atoms with E-state index in [4.69, 9.17) is 0 Å². The van der Waals surface area contributed by atoms with Gasteiger partial charge in [0.15, 0.2) is 4.34 Å². The Hall–Kier alpha value is -0.460. The van der Waals surface area contributed by atoms with Crippen LogP contribution >= 0.6 is 86.8 Å². The molecule has 11 heteroatoms. The third kappa shape index (κ3) is 4.34. The van der Waals surface area contributed by atoms with Gasteiger partial charge in [0, 0.05) is 23.6 Å². The van der Waals surface area contributed by atoms with Crippen LogP contribution < -0.4 is 5.32 Å². The number of halogens is 4. The van der Waals surface area contributed by atoms with E-state index in [0.29, 0.717) is 19.1 Å². The van der Waals surface area contributed by atoms with Gasteiger partial charge in [0.1, 0.15) is 0 Å². The third-order valence-corrected chi connectivity index (χ3v) is 10.4. The maximum absolute atomic E-state index is 12.9. The van der Waals surface area contributed by atoms with E-state index in [-0.39, 0.29) is 15.6 Å². The molecule has 0 saturated heterocycles. The van der Waals surface area contributed by atoms with Gasteiger partial charge in [0.05, 0.1) is 21.3 Å². The summed E-state index contributed by atoms with van der Waals surface area (Å²) in [6, 6.07) is 5.42. The van der Waals surface area contributed by atoms with Gasteiger partial charge in [-0.3, -0.25) is 4.79 Å². The van der Waals surface area contributed by atoms with Crippen molar-refractivity contribution in [2.24, 2.45) is 0 Å². The summed E-state index contributed by atoms with van der Waals surface area (Å²) in [5.41, 5.74) is 1.30. The molecule has 146 valence electrons. The maximum Gasteiger partial charge on any atom is 0.337 e. The molecule has 0 radical (unpaired) electrons. The van der Waals surface area contributed by atoms with E-state index < -0.39 is 11.9 Å². The average Bonchev–Trinajstić information content (AvgIpc) is 3.04. The number of aromatic nitrogens is 1. The van der Waals surface area contributed by atoms with Crippen LogP contribution in [0.2, 0.25) is 0 Å². The highest BCUT2D eigenvalue weighted by Crippen LogP contribution is 2.42. The first kappa shape index (κ1) is 22.2. The quantitative estimate of drug-likeness (QED) is 0.168. The summed E-state index contributed by atoms with van der Waals surface area (Å²) in [4.78, 5) is 29.3. The van der Waals surface area contributed by atoms with Crippen LogP contribution in [0.5, 0.6) is 0 Å². The van der Waals surface area contributed by atoms with Gasteiger partial charge < -0.3 is 10.4 Å². The lowest BCUT2D eigenvalue weighted by Crippen LogP contribution is -2.18. The monoisotopic (exact) mass is 670 g/mol. The summed E-state index contributed by atoms with van der Waals surface area (Å²) in [6.45, 7) is 2.06. The molecular formula is C17H10Br4N2O3S2. The first-order chi connectivity index (χ1) is 13.2. The lowest BCUT2D eigenvalue weighted by Gasteiger charge is -2.14. The number of carboxylic acids is 1. The zero-order chi connectivity index (χ0) is 20.6. The van der Waals surface area contributed by atoms with Crippen molar-refractivity contribution in [3.05, 3.63) is 47.2 Å². The number of carbonyl (C=O) groups excluding carboxylic acids is 1. The molecule has 3 rings (SSSR count). The molecular weight excluding hydrogens is 664 g/mol. The number of hydrogen-bond donors (Lipinski definition) is 2. The van der Waals surface area contributed by atoms with Gasteiger partial charge in [-0.25, -0.2) is 9.78 Å². The number of thioether (sulfide) groups is 1. The number of anilines is 1. The molecule has 0 saturated carbocycles. The van der Waals surface area contributed by atoms with E-state index in [9.17, 15) is 14.7 Å². The fraction of sp³-hybridized carbons (Fsp3) is 0.118. The zero-order valence-electron chi connectivity index (χ0n) is 14.0. The normalized spacial score (nSPS) is 11.0. The molecule has 5 nitrogen and oxygen atoms in total. The van der Waals surface area contributed by atoms with Crippen LogP contribution in [0.4, 0.5) is 5.69 Å². The maximum atomic E-state index is 12.9. The zero-order valence-corrected chi connectivity index (χ0v) is 22.0. The summed E-state index contributed by atoms with van der Waals surface area (Å²) in [5.74, 6) is -0.821. The Morgan fingerprint density at radius 1 is 1.11 bits per heavy atom. The van der Waals surface area contributed by atoms with Crippen molar-refractivity contribution in [3.8, 4) is 0 Å². The standard InChI is InChI=1S/C17H10Br4N2O3S2/c1-2-27-17-23-7-4-3-6(5-8(7)28-17)22-15(24)9-10(16(25)26)12(19)14(21)13(20)11(9)18/h3-5H,2H2,1H3,(H,22,24)(H,25,26). The molecule has 1 amide bonds. The molecule has 0 aliphatic heterocycles. The summed E-state index contributed by atoms with van der Waals surface area (Å²) in [7, 11) is 0. The highest BCUT2D eigenvalue weighted by Gasteiger charge is 2.28. The lowest BCUT2D eigenvalue weighted by atomic mass is 10.1. The minimum absolute atomic E-state index is 0.0149. The smallest absolute Gasteiger partial charge is 0.337 e. The van der Waals surface area contributed by atoms with Crippen LogP contribution in [0, 0.1) is 0 Å². The Labute approximate surface area is 202 Å². The topological polar surface area (TPSA) is 79.3 Å². The Morgan fingerprint density at radius 2 is 1.75 bits per heavy atom. The highest BCUT2D eigenvalue weighted by molar-refractivity contribution is 9.15. The van der Waals surface area contributed by atoms with Crippen molar-refractivity contribution >= 4 is 115 Å². The van der Waals surface area contributed by atoms with Crippen LogP contribution in [0.3, 0.4) is 0 Å². The van der Waals surface area contributed by atoms with Crippen molar-refractivity contribution < 1.29 is 14.7 Å². The minimum atomic E-state index is -1.22. The second-order valence-corrected chi connectivity index (χ2v) is 11.1. The van der Waals surface area contributed by atoms with Crippen molar-refractivity contribution in [2.75, 3.05) is 11.1 Å². The second-order valence-electron chi connectivity index (χ2n) is 5.36. The summed E-state index contributed by atoms with van der Waals surface area (Å²) in [5, 5.41) is 12.4. The number of amides is 1. The predicted octanol–water partition coefficient (Wildman–Crippen LogP) is 7.41. The summed E-state index contributed by atoms with van der Waals surface area (Å²) in [6.07, 6.45) is 0. The number of rotatable bonds is 5. The Kier molecular flexibility index (Phi) is 7.25. The van der Waals surface area contributed by atoms with Gasteiger partial charge in [-0.2, -0.15) is 0 Å². The van der Waals surface area contributed by atoms with E-state index in [1.807, 2.05) is 12.1 Å². The first-order valence-corrected chi connectivity index (χ1v) is 12.7. The van der Waals surface area contributed by atoms with E-state index in [1.54, 1.807) is 29.2 Å². The number of hydrogen-bond acceptors (Lipinski definition) is 5. The van der Waals surface area contributed by atoms with Crippen LogP contribution in [-0.2, 0) is 0 Å². The minimum Gasteiger partial charge on any atom is -0.478 e. The molecule has 0 aliphatic carbocycles. The van der Waals surface area contributed by atoms with Gasteiger partial charge in [-0.15, -0.1) is 11.3 Å². The van der Waals surface area contributed by atoms with Crippen molar-refractivity contribution in [1.82, 2.24) is 4.98 Å². The molecule has 28 heavy (non-hydrogen) atoms. The average molecular weight is 674 g/mol. The molecule has 0 unspecified atom stereocenters. The van der Waals surface area contributed by atoms with Crippen molar-refractivity contribution in [2.45, 2.75) is 11.3 Å². The van der Waals surface area contributed by atoms with E-state index in [1.165, 1.54) is 0 Å². The Morgan fingerprint density at radius 3 is 2.36 bits per heavy atom. The van der Waals surface area contributed by atoms with Crippen LogP contribution in [0.15, 0.2) is 40.4 Å². The molecule has 1 aromatic heterocycles. The molecule has 3 aromatic rings. The van der Waals surface area contributed by atoms with Crippen molar-refractivity contribution in [3.63, 3.8) is 0 Å². The number of nitrogens with one attached hydrogen (secondary N) is 1. The van der Waals surface area contributed by atoms with Crippen molar-refractivity contribution in [1.29, 1.82) is 0 Å². The van der Waals surface area contributed by atoms with Gasteiger partial charge >= 0.3 is 5.97 Å². The van der Waals surface area contributed by atoms with E-state index >= 15 is 0 Å². The number of aromatic carboxylic acids is 1. The molecule has 0 atom stereocenters. The van der Waals surface area contributed by atoms with Crippen LogP contribution in [0.1, 0.15) is 27.6 Å². The number of carbonyl (C=O) groups is 2. The SMILES string of the molecule is CCSc1nc2ccc(NC(=O)c3c(Br)c(Br)c(Br)c(Br)c3C(=O)O)cc2s1.